The van der Waals surface area contributed by atoms with Gasteiger partial charge >= 0.3 is 0 Å². The Morgan fingerprint density at radius 3 is 3.00 bits per heavy atom. The van der Waals surface area contributed by atoms with Crippen LogP contribution < -0.4 is 10.5 Å². The van der Waals surface area contributed by atoms with Gasteiger partial charge in [0.1, 0.15) is 18.6 Å². The molecular weight excluding hydrogens is 170 g/mol. The summed E-state index contributed by atoms with van der Waals surface area (Å²) in [5, 5.41) is 0. The maximum Gasteiger partial charge on any atom is 0.240 e. The lowest BCUT2D eigenvalue weighted by Gasteiger charge is -2.06. The zero-order valence-electron chi connectivity index (χ0n) is 7.56. The van der Waals surface area contributed by atoms with Gasteiger partial charge < -0.3 is 15.2 Å². The monoisotopic (exact) mass is 183 g/mol. The Labute approximate surface area is 76.9 Å². The average molecular weight is 183 g/mol. The molecule has 0 aromatic carbocycles. The third-order valence-corrected chi connectivity index (χ3v) is 1.37. The van der Waals surface area contributed by atoms with E-state index in [1.807, 2.05) is 6.92 Å². The topological polar surface area (TPSA) is 70.3 Å². The molecule has 0 bridgehead atoms. The minimum absolute atomic E-state index is 0.412. The maximum absolute atomic E-state index is 5.54. The van der Waals surface area contributed by atoms with Gasteiger partial charge in [0.15, 0.2) is 0 Å². The minimum atomic E-state index is 0.412. The highest BCUT2D eigenvalue weighted by atomic mass is 16.5. The Bertz CT molecular complexity index is 255. The van der Waals surface area contributed by atoms with E-state index >= 15 is 0 Å². The molecule has 0 aliphatic rings. The Balaban J connectivity index is 2.32. The molecule has 0 aliphatic carbocycles. The van der Waals surface area contributed by atoms with Gasteiger partial charge in [-0.1, -0.05) is 0 Å². The number of nitrogens with two attached hydrogens (primary N) is 1. The van der Waals surface area contributed by atoms with Crippen LogP contribution in [-0.4, -0.2) is 29.8 Å². The molecule has 0 amide bonds. The van der Waals surface area contributed by atoms with E-state index < -0.39 is 0 Å². The number of hydrogen-bond donors (Lipinski definition) is 1. The molecule has 0 saturated carbocycles. The highest BCUT2D eigenvalue weighted by molar-refractivity contribution is 5.44. The molecule has 0 fully saturated rings. The van der Waals surface area contributed by atoms with Crippen molar-refractivity contribution < 1.29 is 9.47 Å². The second-order valence-corrected chi connectivity index (χ2v) is 2.33. The predicted octanol–water partition coefficient (Wildman–Crippen LogP) is 0.474. The zero-order valence-corrected chi connectivity index (χ0v) is 7.56. The molecule has 1 heterocycles. The van der Waals surface area contributed by atoms with Crippen molar-refractivity contribution in [2.45, 2.75) is 6.92 Å². The van der Waals surface area contributed by atoms with Crippen LogP contribution in [0.15, 0.2) is 12.5 Å². The first-order valence-corrected chi connectivity index (χ1v) is 4.10. The first kappa shape index (κ1) is 9.73. The summed E-state index contributed by atoms with van der Waals surface area (Å²) < 4.78 is 10.3. The fourth-order valence-electron chi connectivity index (χ4n) is 0.791. The van der Waals surface area contributed by atoms with Gasteiger partial charge in [-0.3, -0.25) is 0 Å². The average Bonchev–Trinajstić information content (AvgIpc) is 2.15. The highest BCUT2D eigenvalue weighted by Gasteiger charge is 1.99. The molecular formula is C8H13N3O2. The number of rotatable bonds is 5. The van der Waals surface area contributed by atoms with Crippen molar-refractivity contribution in [3.8, 4) is 5.88 Å². The van der Waals surface area contributed by atoms with Crippen molar-refractivity contribution in [3.63, 3.8) is 0 Å². The second-order valence-electron chi connectivity index (χ2n) is 2.33. The summed E-state index contributed by atoms with van der Waals surface area (Å²) in [6.45, 7) is 3.61. The third-order valence-electron chi connectivity index (χ3n) is 1.37. The summed E-state index contributed by atoms with van der Waals surface area (Å²) in [7, 11) is 0. The van der Waals surface area contributed by atoms with Crippen molar-refractivity contribution in [3.05, 3.63) is 12.5 Å². The van der Waals surface area contributed by atoms with E-state index in [-0.39, 0.29) is 0 Å². The van der Waals surface area contributed by atoms with Gasteiger partial charge in [0, 0.05) is 6.61 Å². The maximum atomic E-state index is 5.54. The van der Waals surface area contributed by atoms with Gasteiger partial charge in [-0.25, -0.2) is 9.97 Å². The van der Waals surface area contributed by atoms with Crippen LogP contribution in [0.1, 0.15) is 6.92 Å². The van der Waals surface area contributed by atoms with E-state index in [1.165, 1.54) is 12.5 Å². The first-order valence-electron chi connectivity index (χ1n) is 4.10. The molecule has 0 saturated heterocycles. The fourth-order valence-corrected chi connectivity index (χ4v) is 0.791. The summed E-state index contributed by atoms with van der Waals surface area (Å²) in [5.41, 5.74) is 5.99. The van der Waals surface area contributed by atoms with Crippen LogP contribution in [0, 0.1) is 0 Å². The molecule has 0 unspecified atom stereocenters. The number of hydrogen-bond acceptors (Lipinski definition) is 5. The Hall–Kier alpha value is -1.36. The smallest absolute Gasteiger partial charge is 0.240 e. The van der Waals surface area contributed by atoms with E-state index in [2.05, 4.69) is 9.97 Å². The number of nitrogen functional groups attached to an aromatic ring is 1. The molecule has 2 N–H and O–H groups in total. The van der Waals surface area contributed by atoms with Gasteiger partial charge in [0.05, 0.1) is 12.8 Å². The minimum Gasteiger partial charge on any atom is -0.474 e. The van der Waals surface area contributed by atoms with Crippen LogP contribution in [0.25, 0.3) is 0 Å². The van der Waals surface area contributed by atoms with E-state index in [1.54, 1.807) is 0 Å². The van der Waals surface area contributed by atoms with E-state index in [4.69, 9.17) is 15.2 Å². The van der Waals surface area contributed by atoms with Crippen molar-refractivity contribution in [1.82, 2.24) is 9.97 Å². The number of aromatic nitrogens is 2. The summed E-state index contributed by atoms with van der Waals surface area (Å²) >= 11 is 0. The highest BCUT2D eigenvalue weighted by Crippen LogP contribution is 2.13. The van der Waals surface area contributed by atoms with Gasteiger partial charge in [0.25, 0.3) is 0 Å². The fraction of sp³-hybridized carbons (Fsp3) is 0.500. The molecule has 0 spiro atoms. The van der Waals surface area contributed by atoms with E-state index in [9.17, 15) is 0 Å². The standard InChI is InChI=1S/C8H13N3O2/c1-2-12-3-4-13-8-7(9)5-10-6-11-8/h5-6H,2-4,9H2,1H3. The van der Waals surface area contributed by atoms with E-state index in [0.717, 1.165) is 0 Å². The second kappa shape index (κ2) is 5.31. The van der Waals surface area contributed by atoms with Crippen LogP contribution >= 0.6 is 0 Å². The molecule has 0 atom stereocenters. The summed E-state index contributed by atoms with van der Waals surface area (Å²) in [5.74, 6) is 0.412. The molecule has 1 aromatic heterocycles. The molecule has 72 valence electrons. The third kappa shape index (κ3) is 3.25. The van der Waals surface area contributed by atoms with Gasteiger partial charge in [-0.05, 0) is 6.92 Å². The van der Waals surface area contributed by atoms with Crippen molar-refractivity contribution in [1.29, 1.82) is 0 Å². The van der Waals surface area contributed by atoms with Crippen LogP contribution in [-0.2, 0) is 4.74 Å². The molecule has 1 aromatic rings. The Morgan fingerprint density at radius 2 is 2.31 bits per heavy atom. The summed E-state index contributed by atoms with van der Waals surface area (Å²) in [6, 6.07) is 0. The van der Waals surface area contributed by atoms with E-state index in [0.29, 0.717) is 31.4 Å². The van der Waals surface area contributed by atoms with Gasteiger partial charge in [-0.2, -0.15) is 0 Å². The van der Waals surface area contributed by atoms with Crippen LogP contribution in [0.4, 0.5) is 5.69 Å². The predicted molar refractivity (Wildman–Crippen MR) is 48.4 cm³/mol. The van der Waals surface area contributed by atoms with Crippen LogP contribution in [0.3, 0.4) is 0 Å². The van der Waals surface area contributed by atoms with Gasteiger partial charge in [-0.15, -0.1) is 0 Å². The molecule has 5 nitrogen and oxygen atoms in total. The molecule has 0 aliphatic heterocycles. The molecule has 1 rings (SSSR count). The van der Waals surface area contributed by atoms with Crippen molar-refractivity contribution in [2.24, 2.45) is 0 Å². The summed E-state index contributed by atoms with van der Waals surface area (Å²) in [4.78, 5) is 7.60. The molecule has 13 heavy (non-hydrogen) atoms. The normalized spacial score (nSPS) is 9.92. The number of nitrogens with zero attached hydrogens (tertiary/aromatic N) is 2. The quantitative estimate of drug-likeness (QED) is 0.672. The van der Waals surface area contributed by atoms with Crippen LogP contribution in [0.5, 0.6) is 5.88 Å². The number of ether oxygens (including phenoxy) is 2. The molecule has 0 radical (unpaired) electrons. The summed E-state index contributed by atoms with van der Waals surface area (Å²) in [6.07, 6.45) is 2.90. The van der Waals surface area contributed by atoms with Crippen LogP contribution in [0.2, 0.25) is 0 Å². The van der Waals surface area contributed by atoms with Crippen molar-refractivity contribution >= 4 is 5.69 Å². The first-order chi connectivity index (χ1) is 6.34. The SMILES string of the molecule is CCOCCOc1ncncc1N. The Kier molecular flexibility index (Phi) is 3.98. The Morgan fingerprint density at radius 1 is 1.46 bits per heavy atom. The number of anilines is 1. The zero-order chi connectivity index (χ0) is 9.52. The van der Waals surface area contributed by atoms with Gasteiger partial charge in [0.2, 0.25) is 5.88 Å². The lowest BCUT2D eigenvalue weighted by Crippen LogP contribution is -2.08. The largest absolute Gasteiger partial charge is 0.474 e. The molecule has 5 heteroatoms. The van der Waals surface area contributed by atoms with Crippen molar-refractivity contribution in [2.75, 3.05) is 25.6 Å². The lowest BCUT2D eigenvalue weighted by atomic mass is 10.5. The lowest BCUT2D eigenvalue weighted by molar-refractivity contribution is 0.108.